The Morgan fingerprint density at radius 2 is 1.83 bits per heavy atom. The van der Waals surface area contributed by atoms with E-state index >= 15 is 0 Å². The van der Waals surface area contributed by atoms with Gasteiger partial charge < -0.3 is 14.2 Å². The lowest BCUT2D eigenvalue weighted by Crippen LogP contribution is -2.25. The number of nitrogens with one attached hydrogen (secondary N) is 1. The van der Waals surface area contributed by atoms with Crippen LogP contribution in [0.15, 0.2) is 36.5 Å². The average molecular weight is 323 g/mol. The number of hydrogen-bond acceptors (Lipinski definition) is 5. The van der Waals surface area contributed by atoms with E-state index in [2.05, 4.69) is 5.48 Å². The number of rotatable bonds is 11. The molecular weight excluding hydrogens is 294 g/mol. The minimum Gasteiger partial charge on any atom is -0.493 e. The Morgan fingerprint density at radius 3 is 2.43 bits per heavy atom. The van der Waals surface area contributed by atoms with Crippen LogP contribution < -0.4 is 15.0 Å². The summed E-state index contributed by atoms with van der Waals surface area (Å²) in [6, 6.07) is 7.60. The summed E-state index contributed by atoms with van der Waals surface area (Å²) in [4.78, 5) is 5.23. The highest BCUT2D eigenvalue weighted by molar-refractivity contribution is 5.31. The number of hydroxylamine groups is 1. The van der Waals surface area contributed by atoms with Gasteiger partial charge in [0.15, 0.2) is 0 Å². The molecular formula is C18H29NO4. The van der Waals surface area contributed by atoms with Gasteiger partial charge in [0.1, 0.15) is 24.2 Å². The quantitative estimate of drug-likeness (QED) is 0.497. The molecule has 0 spiro atoms. The van der Waals surface area contributed by atoms with Crippen molar-refractivity contribution in [2.45, 2.75) is 45.8 Å². The summed E-state index contributed by atoms with van der Waals surface area (Å²) in [6.07, 6.45) is 4.36. The lowest BCUT2D eigenvalue weighted by atomic mass is 10.1. The van der Waals surface area contributed by atoms with E-state index in [-0.39, 0.29) is 11.7 Å². The predicted molar refractivity (Wildman–Crippen MR) is 91.6 cm³/mol. The van der Waals surface area contributed by atoms with Crippen molar-refractivity contribution in [1.82, 2.24) is 5.48 Å². The zero-order valence-electron chi connectivity index (χ0n) is 14.8. The molecule has 0 aliphatic heterocycles. The van der Waals surface area contributed by atoms with Gasteiger partial charge in [0.05, 0.1) is 12.2 Å². The highest BCUT2D eigenvalue weighted by Gasteiger charge is 2.15. The van der Waals surface area contributed by atoms with Crippen LogP contribution in [-0.4, -0.2) is 32.0 Å². The summed E-state index contributed by atoms with van der Waals surface area (Å²) in [5.41, 5.74) is 2.54. The highest BCUT2D eigenvalue weighted by atomic mass is 16.7. The van der Waals surface area contributed by atoms with E-state index in [9.17, 15) is 0 Å². The van der Waals surface area contributed by atoms with Crippen molar-refractivity contribution in [3.05, 3.63) is 36.5 Å². The van der Waals surface area contributed by atoms with Gasteiger partial charge in [-0.05, 0) is 52.0 Å². The maximum Gasteiger partial charge on any atom is 0.122 e. The first-order chi connectivity index (χ1) is 11.0. The maximum atomic E-state index is 5.76. The van der Waals surface area contributed by atoms with Crippen molar-refractivity contribution >= 4 is 0 Å². The number of hydrogen-bond donors (Lipinski definition) is 1. The molecule has 0 fully saturated rings. The molecule has 1 rings (SSSR count). The largest absolute Gasteiger partial charge is 0.493 e. The number of benzene rings is 1. The topological polar surface area (TPSA) is 49.0 Å². The SMILES string of the molecule is CC=CNOCC(C)Oc1ccc(OCCC(C)(C)OC)cc1. The van der Waals surface area contributed by atoms with Gasteiger partial charge in [0, 0.05) is 19.7 Å². The van der Waals surface area contributed by atoms with Gasteiger partial charge in [0.2, 0.25) is 0 Å². The normalized spacial score (nSPS) is 13.1. The number of ether oxygens (including phenoxy) is 3. The van der Waals surface area contributed by atoms with Crippen LogP contribution in [0.5, 0.6) is 11.5 Å². The minimum atomic E-state index is -0.167. The van der Waals surface area contributed by atoms with Crippen molar-refractivity contribution in [2.75, 3.05) is 20.3 Å². The van der Waals surface area contributed by atoms with Crippen molar-refractivity contribution in [1.29, 1.82) is 0 Å². The monoisotopic (exact) mass is 323 g/mol. The Hall–Kier alpha value is -1.72. The second-order valence-corrected chi connectivity index (χ2v) is 5.89. The Morgan fingerprint density at radius 1 is 1.17 bits per heavy atom. The first kappa shape index (κ1) is 19.3. The Balaban J connectivity index is 2.32. The van der Waals surface area contributed by atoms with Gasteiger partial charge in [0.25, 0.3) is 0 Å². The van der Waals surface area contributed by atoms with Crippen LogP contribution in [0.4, 0.5) is 0 Å². The van der Waals surface area contributed by atoms with Gasteiger partial charge in [-0.25, -0.2) is 0 Å². The summed E-state index contributed by atoms with van der Waals surface area (Å²) >= 11 is 0. The molecule has 1 atom stereocenters. The molecule has 5 nitrogen and oxygen atoms in total. The van der Waals surface area contributed by atoms with Crippen LogP contribution in [0.3, 0.4) is 0 Å². The summed E-state index contributed by atoms with van der Waals surface area (Å²) in [6.45, 7) is 9.02. The number of methoxy groups -OCH3 is 1. The number of allylic oxidation sites excluding steroid dienone is 1. The lowest BCUT2D eigenvalue weighted by Gasteiger charge is -2.22. The molecule has 5 heteroatoms. The van der Waals surface area contributed by atoms with Crippen LogP contribution in [0.1, 0.15) is 34.1 Å². The van der Waals surface area contributed by atoms with Crippen molar-refractivity contribution < 1.29 is 19.0 Å². The molecule has 1 aromatic carbocycles. The Bertz CT molecular complexity index is 457. The zero-order valence-corrected chi connectivity index (χ0v) is 14.8. The van der Waals surface area contributed by atoms with E-state index in [1.165, 1.54) is 0 Å². The van der Waals surface area contributed by atoms with Crippen LogP contribution in [0, 0.1) is 0 Å². The molecule has 0 amide bonds. The smallest absolute Gasteiger partial charge is 0.122 e. The van der Waals surface area contributed by atoms with Crippen LogP contribution in [0.25, 0.3) is 0 Å². The van der Waals surface area contributed by atoms with Gasteiger partial charge in [-0.1, -0.05) is 6.08 Å². The maximum absolute atomic E-state index is 5.76. The second kappa shape index (κ2) is 10.1. The van der Waals surface area contributed by atoms with Gasteiger partial charge in [-0.15, -0.1) is 0 Å². The molecule has 0 aromatic heterocycles. The third-order valence-corrected chi connectivity index (χ3v) is 3.32. The zero-order chi connectivity index (χ0) is 17.1. The molecule has 1 unspecified atom stereocenters. The molecule has 0 saturated heterocycles. The average Bonchev–Trinajstić information content (AvgIpc) is 2.53. The fourth-order valence-corrected chi connectivity index (χ4v) is 1.68. The van der Waals surface area contributed by atoms with E-state index in [0.29, 0.717) is 13.2 Å². The minimum absolute atomic E-state index is 0.0537. The first-order valence-corrected chi connectivity index (χ1v) is 7.90. The van der Waals surface area contributed by atoms with Crippen molar-refractivity contribution in [2.24, 2.45) is 0 Å². The molecule has 0 bridgehead atoms. The molecule has 1 N–H and O–H groups in total. The molecule has 0 aliphatic rings. The van der Waals surface area contributed by atoms with E-state index in [1.807, 2.05) is 58.0 Å². The summed E-state index contributed by atoms with van der Waals surface area (Å²) in [5, 5.41) is 0. The van der Waals surface area contributed by atoms with E-state index in [1.54, 1.807) is 13.3 Å². The van der Waals surface area contributed by atoms with E-state index in [4.69, 9.17) is 19.0 Å². The molecule has 0 saturated carbocycles. The predicted octanol–water partition coefficient (Wildman–Crippen LogP) is 3.70. The molecule has 130 valence electrons. The van der Waals surface area contributed by atoms with Gasteiger partial charge >= 0.3 is 0 Å². The summed E-state index contributed by atoms with van der Waals surface area (Å²) in [7, 11) is 1.71. The van der Waals surface area contributed by atoms with Crippen LogP contribution >= 0.6 is 0 Å². The molecule has 0 radical (unpaired) electrons. The lowest BCUT2D eigenvalue weighted by molar-refractivity contribution is 0.00542. The fraction of sp³-hybridized carbons (Fsp3) is 0.556. The van der Waals surface area contributed by atoms with E-state index < -0.39 is 0 Å². The summed E-state index contributed by atoms with van der Waals surface area (Å²) in [5.74, 6) is 1.61. The third-order valence-electron chi connectivity index (χ3n) is 3.32. The second-order valence-electron chi connectivity index (χ2n) is 5.89. The van der Waals surface area contributed by atoms with E-state index in [0.717, 1.165) is 17.9 Å². The Kier molecular flexibility index (Phi) is 8.51. The Labute approximate surface area is 139 Å². The third kappa shape index (κ3) is 8.47. The summed E-state index contributed by atoms with van der Waals surface area (Å²) < 4.78 is 16.8. The van der Waals surface area contributed by atoms with Crippen molar-refractivity contribution in [3.63, 3.8) is 0 Å². The molecule has 1 aromatic rings. The van der Waals surface area contributed by atoms with Crippen LogP contribution in [0.2, 0.25) is 0 Å². The standard InChI is InChI=1S/C18H29NO4/c1-6-12-19-22-14-15(2)23-17-9-7-16(8-10-17)21-13-11-18(3,4)20-5/h6-10,12,15,19H,11,13-14H2,1-5H3. The fourth-order valence-electron chi connectivity index (χ4n) is 1.68. The highest BCUT2D eigenvalue weighted by Crippen LogP contribution is 2.20. The molecule has 0 aliphatic carbocycles. The van der Waals surface area contributed by atoms with Crippen LogP contribution in [-0.2, 0) is 9.57 Å². The molecule has 23 heavy (non-hydrogen) atoms. The first-order valence-electron chi connectivity index (χ1n) is 7.90. The van der Waals surface area contributed by atoms with Gasteiger partial charge in [-0.2, -0.15) is 0 Å². The van der Waals surface area contributed by atoms with Gasteiger partial charge in [-0.3, -0.25) is 10.3 Å². The molecule has 0 heterocycles. The van der Waals surface area contributed by atoms with Crippen molar-refractivity contribution in [3.8, 4) is 11.5 Å².